The number of ether oxygens (including phenoxy) is 2. The van der Waals surface area contributed by atoms with E-state index in [0.717, 1.165) is 12.8 Å². The van der Waals surface area contributed by atoms with Gasteiger partial charge in [-0.1, -0.05) is 20.3 Å². The zero-order chi connectivity index (χ0) is 11.7. The molecular weight excluding hydrogens is 196 g/mol. The van der Waals surface area contributed by atoms with Crippen molar-refractivity contribution in [2.45, 2.75) is 33.1 Å². The molecular formula is C11H20O4. The highest BCUT2D eigenvalue weighted by Gasteiger charge is 2.15. The number of rotatable bonds is 7. The van der Waals surface area contributed by atoms with Crippen LogP contribution in [0.5, 0.6) is 0 Å². The van der Waals surface area contributed by atoms with Crippen LogP contribution in [0.3, 0.4) is 0 Å². The predicted molar refractivity (Wildman–Crippen MR) is 57.3 cm³/mol. The van der Waals surface area contributed by atoms with Crippen molar-refractivity contribution in [1.29, 1.82) is 0 Å². The van der Waals surface area contributed by atoms with Crippen LogP contribution in [0.25, 0.3) is 0 Å². The SMILES string of the molecule is CCCCOC(=O)C(CC)=C(CO)OC. The number of hydrogen-bond acceptors (Lipinski definition) is 4. The summed E-state index contributed by atoms with van der Waals surface area (Å²) in [6.07, 6.45) is 2.33. The molecule has 4 nitrogen and oxygen atoms in total. The topological polar surface area (TPSA) is 55.8 Å². The zero-order valence-electron chi connectivity index (χ0n) is 9.71. The lowest BCUT2D eigenvalue weighted by Crippen LogP contribution is -2.13. The Kier molecular flexibility index (Phi) is 7.72. The van der Waals surface area contributed by atoms with E-state index in [-0.39, 0.29) is 6.61 Å². The number of methoxy groups -OCH3 is 1. The standard InChI is InChI=1S/C11H20O4/c1-4-6-7-15-11(13)9(5-2)10(8-12)14-3/h12H,4-8H2,1-3H3. The molecule has 0 aliphatic heterocycles. The van der Waals surface area contributed by atoms with Gasteiger partial charge in [-0.3, -0.25) is 0 Å². The molecule has 0 rings (SSSR count). The lowest BCUT2D eigenvalue weighted by atomic mass is 10.2. The molecule has 0 unspecified atom stereocenters. The molecule has 4 heteroatoms. The molecule has 0 saturated heterocycles. The third-order valence-corrected chi connectivity index (χ3v) is 2.06. The highest BCUT2D eigenvalue weighted by molar-refractivity contribution is 5.88. The average molecular weight is 216 g/mol. The monoisotopic (exact) mass is 216 g/mol. The number of hydrogen-bond donors (Lipinski definition) is 1. The van der Waals surface area contributed by atoms with Gasteiger partial charge in [-0.05, 0) is 12.8 Å². The fourth-order valence-electron chi connectivity index (χ4n) is 1.13. The Morgan fingerprint density at radius 1 is 1.33 bits per heavy atom. The largest absolute Gasteiger partial charge is 0.498 e. The molecule has 88 valence electrons. The Morgan fingerprint density at radius 3 is 2.40 bits per heavy atom. The van der Waals surface area contributed by atoms with E-state index in [1.54, 1.807) is 0 Å². The number of aliphatic hydroxyl groups excluding tert-OH is 1. The van der Waals surface area contributed by atoms with Gasteiger partial charge in [0.2, 0.25) is 0 Å². The number of unbranched alkanes of at least 4 members (excludes halogenated alkanes) is 1. The minimum absolute atomic E-state index is 0.275. The molecule has 0 aliphatic carbocycles. The van der Waals surface area contributed by atoms with Crippen LogP contribution < -0.4 is 0 Å². The smallest absolute Gasteiger partial charge is 0.337 e. The van der Waals surface area contributed by atoms with Crippen LogP contribution in [0.4, 0.5) is 0 Å². The molecule has 0 aromatic carbocycles. The van der Waals surface area contributed by atoms with Crippen molar-refractivity contribution in [2.75, 3.05) is 20.3 Å². The van der Waals surface area contributed by atoms with Crippen LogP contribution in [0.2, 0.25) is 0 Å². The first kappa shape index (κ1) is 14.0. The van der Waals surface area contributed by atoms with Crippen molar-refractivity contribution < 1.29 is 19.4 Å². The van der Waals surface area contributed by atoms with Gasteiger partial charge in [0.25, 0.3) is 0 Å². The van der Waals surface area contributed by atoms with Gasteiger partial charge in [-0.2, -0.15) is 0 Å². The van der Waals surface area contributed by atoms with E-state index < -0.39 is 5.97 Å². The van der Waals surface area contributed by atoms with Gasteiger partial charge < -0.3 is 14.6 Å². The normalized spacial score (nSPS) is 12.0. The Labute approximate surface area is 90.9 Å². The summed E-state index contributed by atoms with van der Waals surface area (Å²) in [7, 11) is 1.43. The van der Waals surface area contributed by atoms with Gasteiger partial charge in [0.1, 0.15) is 12.4 Å². The highest BCUT2D eigenvalue weighted by atomic mass is 16.5. The Morgan fingerprint density at radius 2 is 2.00 bits per heavy atom. The molecule has 0 aliphatic rings. The highest BCUT2D eigenvalue weighted by Crippen LogP contribution is 2.11. The molecule has 0 bridgehead atoms. The summed E-state index contributed by atoms with van der Waals surface area (Å²) < 4.78 is 9.94. The predicted octanol–water partition coefficient (Wildman–Crippen LogP) is 1.63. The van der Waals surface area contributed by atoms with Gasteiger partial charge in [0, 0.05) is 0 Å². The molecule has 0 spiro atoms. The van der Waals surface area contributed by atoms with Crippen LogP contribution in [-0.4, -0.2) is 31.4 Å². The van der Waals surface area contributed by atoms with E-state index >= 15 is 0 Å². The Balaban J connectivity index is 4.39. The molecule has 0 heterocycles. The Bertz CT molecular complexity index is 215. The average Bonchev–Trinajstić information content (AvgIpc) is 2.25. The maximum Gasteiger partial charge on any atom is 0.337 e. The van der Waals surface area contributed by atoms with E-state index in [4.69, 9.17) is 14.6 Å². The minimum atomic E-state index is -0.392. The van der Waals surface area contributed by atoms with E-state index in [2.05, 4.69) is 0 Å². The van der Waals surface area contributed by atoms with Gasteiger partial charge in [-0.15, -0.1) is 0 Å². The first-order valence-electron chi connectivity index (χ1n) is 5.25. The summed E-state index contributed by atoms with van der Waals surface area (Å²) in [5, 5.41) is 8.96. The van der Waals surface area contributed by atoms with E-state index in [1.165, 1.54) is 7.11 Å². The number of aliphatic hydroxyl groups is 1. The fraction of sp³-hybridized carbons (Fsp3) is 0.727. The molecule has 1 N–H and O–H groups in total. The molecule has 15 heavy (non-hydrogen) atoms. The first-order chi connectivity index (χ1) is 7.21. The molecule has 0 aromatic heterocycles. The molecule has 0 radical (unpaired) electrons. The van der Waals surface area contributed by atoms with Gasteiger partial charge in [0.15, 0.2) is 0 Å². The summed E-state index contributed by atoms with van der Waals surface area (Å²) >= 11 is 0. The second-order valence-corrected chi connectivity index (χ2v) is 3.11. The second kappa shape index (κ2) is 8.29. The Hall–Kier alpha value is -1.03. The molecule has 0 aromatic rings. The molecule has 0 fully saturated rings. The summed E-state index contributed by atoms with van der Waals surface area (Å²) in [6.45, 7) is 3.99. The van der Waals surface area contributed by atoms with Crippen molar-refractivity contribution in [3.05, 3.63) is 11.3 Å². The number of esters is 1. The van der Waals surface area contributed by atoms with Gasteiger partial charge >= 0.3 is 5.97 Å². The molecule has 0 saturated carbocycles. The summed E-state index contributed by atoms with van der Waals surface area (Å²) in [5.74, 6) is -0.101. The van der Waals surface area contributed by atoms with Crippen molar-refractivity contribution in [3.63, 3.8) is 0 Å². The van der Waals surface area contributed by atoms with Gasteiger partial charge in [0.05, 0.1) is 19.3 Å². The fourth-order valence-corrected chi connectivity index (χ4v) is 1.13. The van der Waals surface area contributed by atoms with Crippen molar-refractivity contribution in [2.24, 2.45) is 0 Å². The van der Waals surface area contributed by atoms with Gasteiger partial charge in [-0.25, -0.2) is 4.79 Å². The zero-order valence-corrected chi connectivity index (χ0v) is 9.71. The van der Waals surface area contributed by atoms with Crippen molar-refractivity contribution >= 4 is 5.97 Å². The summed E-state index contributed by atoms with van der Waals surface area (Å²) in [5.41, 5.74) is 0.413. The first-order valence-corrected chi connectivity index (χ1v) is 5.25. The quantitative estimate of drug-likeness (QED) is 0.304. The third kappa shape index (κ3) is 4.83. The van der Waals surface area contributed by atoms with Crippen LogP contribution in [0.1, 0.15) is 33.1 Å². The van der Waals surface area contributed by atoms with E-state index in [0.29, 0.717) is 24.4 Å². The maximum atomic E-state index is 11.5. The number of carbonyl (C=O) groups excluding carboxylic acids is 1. The van der Waals surface area contributed by atoms with E-state index in [1.807, 2.05) is 13.8 Å². The van der Waals surface area contributed by atoms with Crippen molar-refractivity contribution in [1.82, 2.24) is 0 Å². The molecule has 0 atom stereocenters. The van der Waals surface area contributed by atoms with Crippen LogP contribution in [0, 0.1) is 0 Å². The number of carbonyl (C=O) groups is 1. The lowest BCUT2D eigenvalue weighted by Gasteiger charge is -2.10. The molecule has 0 amide bonds. The van der Waals surface area contributed by atoms with Crippen LogP contribution in [0.15, 0.2) is 11.3 Å². The maximum absolute atomic E-state index is 11.5. The summed E-state index contributed by atoms with van der Waals surface area (Å²) in [4.78, 5) is 11.5. The summed E-state index contributed by atoms with van der Waals surface area (Å²) in [6, 6.07) is 0. The van der Waals surface area contributed by atoms with E-state index in [9.17, 15) is 4.79 Å². The van der Waals surface area contributed by atoms with Crippen molar-refractivity contribution in [3.8, 4) is 0 Å². The van der Waals surface area contributed by atoms with Crippen LogP contribution in [-0.2, 0) is 14.3 Å². The third-order valence-electron chi connectivity index (χ3n) is 2.06. The minimum Gasteiger partial charge on any atom is -0.498 e. The lowest BCUT2D eigenvalue weighted by molar-refractivity contribution is -0.139. The second-order valence-electron chi connectivity index (χ2n) is 3.11. The van der Waals surface area contributed by atoms with Crippen LogP contribution >= 0.6 is 0 Å².